The molecule has 2 fully saturated rings. The highest BCUT2D eigenvalue weighted by molar-refractivity contribution is 7.46. The molecule has 0 bridgehead atoms. The predicted octanol–water partition coefficient (Wildman–Crippen LogP) is 3.69. The SMILES string of the molecule is CC(=O)N1CC[C@H]2CC[C@@H](C(=O)N3Cc4cnn(-c5ccccc5)c4C3)N2C(=O)[C@@H](NC(=O)c2cc3cc(C(F)(F)P(O)O)ccc3s2)C1. The molecular formula is C33H33F2N6O6PS. The number of hydrogen-bond acceptors (Lipinski definition) is 8. The molecule has 3 aliphatic heterocycles. The molecule has 4 aromatic rings. The molecule has 0 spiro atoms. The Balaban J connectivity index is 1.12. The lowest BCUT2D eigenvalue weighted by atomic mass is 10.1. The van der Waals surface area contributed by atoms with E-state index in [9.17, 15) is 37.7 Å². The molecule has 0 radical (unpaired) electrons. The molecule has 2 aromatic carbocycles. The van der Waals surface area contributed by atoms with Crippen LogP contribution in [0.5, 0.6) is 0 Å². The van der Waals surface area contributed by atoms with Crippen molar-refractivity contribution in [3.05, 3.63) is 82.5 Å². The average Bonchev–Trinajstić information content (AvgIpc) is 3.87. The predicted molar refractivity (Wildman–Crippen MR) is 177 cm³/mol. The first kappa shape index (κ1) is 33.2. The third-order valence-electron chi connectivity index (χ3n) is 9.53. The van der Waals surface area contributed by atoms with Crippen LogP contribution >= 0.6 is 19.7 Å². The number of hydrogen-bond donors (Lipinski definition) is 3. The quantitative estimate of drug-likeness (QED) is 0.259. The summed E-state index contributed by atoms with van der Waals surface area (Å²) < 4.78 is 30.9. The fourth-order valence-corrected chi connectivity index (χ4v) is 8.32. The van der Waals surface area contributed by atoms with Gasteiger partial charge in [-0.05, 0) is 55.0 Å². The first-order valence-corrected chi connectivity index (χ1v) is 17.9. The maximum Gasteiger partial charge on any atom is 0.339 e. The molecule has 2 saturated heterocycles. The molecule has 12 nitrogen and oxygen atoms in total. The van der Waals surface area contributed by atoms with Crippen LogP contribution in [0.2, 0.25) is 0 Å². The summed E-state index contributed by atoms with van der Waals surface area (Å²) in [5.41, 5.74) is -1.73. The van der Waals surface area contributed by atoms with E-state index >= 15 is 0 Å². The van der Waals surface area contributed by atoms with Gasteiger partial charge in [-0.1, -0.05) is 24.3 Å². The van der Waals surface area contributed by atoms with E-state index in [1.807, 2.05) is 35.0 Å². The van der Waals surface area contributed by atoms with E-state index < -0.39 is 43.5 Å². The fraction of sp³-hybridized carbons (Fsp3) is 0.364. The van der Waals surface area contributed by atoms with Crippen LogP contribution in [-0.2, 0) is 33.1 Å². The molecule has 16 heteroatoms. The third kappa shape index (κ3) is 6.09. The number of para-hydroxylation sites is 1. The monoisotopic (exact) mass is 710 g/mol. The minimum absolute atomic E-state index is 0.0933. The highest BCUT2D eigenvalue weighted by Crippen LogP contribution is 2.53. The van der Waals surface area contributed by atoms with Crippen molar-refractivity contribution < 1.29 is 37.7 Å². The van der Waals surface area contributed by atoms with Gasteiger partial charge in [-0.25, -0.2) is 4.68 Å². The Hall–Kier alpha value is -4.30. The lowest BCUT2D eigenvalue weighted by Crippen LogP contribution is -2.61. The lowest BCUT2D eigenvalue weighted by Gasteiger charge is -2.39. The maximum atomic E-state index is 14.3. The molecule has 3 aliphatic rings. The van der Waals surface area contributed by atoms with Gasteiger partial charge in [0, 0.05) is 48.4 Å². The summed E-state index contributed by atoms with van der Waals surface area (Å²) in [6.45, 7) is 2.35. The number of amides is 4. The summed E-state index contributed by atoms with van der Waals surface area (Å²) in [6, 6.07) is 12.4. The Morgan fingerprint density at radius 1 is 1.02 bits per heavy atom. The molecule has 256 valence electrons. The van der Waals surface area contributed by atoms with Crippen LogP contribution in [-0.4, -0.2) is 89.1 Å². The Morgan fingerprint density at radius 3 is 2.53 bits per heavy atom. The zero-order chi connectivity index (χ0) is 34.6. The number of thiophene rings is 1. The van der Waals surface area contributed by atoms with Gasteiger partial charge < -0.3 is 29.8 Å². The molecule has 5 heterocycles. The summed E-state index contributed by atoms with van der Waals surface area (Å²) in [5.74, 6) is -1.54. The van der Waals surface area contributed by atoms with Gasteiger partial charge >= 0.3 is 5.66 Å². The van der Waals surface area contributed by atoms with Gasteiger partial charge in [0.1, 0.15) is 12.1 Å². The standard InChI is InChI=1S/C33H33F2N6O6PS/c1-19(42)38-12-11-23-8-9-26(32(45)39-16-21-15-36-41(27(21)18-39)24-5-3-2-4-6-24)40(23)31(44)25(17-38)37-30(43)29-14-20-13-22(7-10-28(20)49-29)33(34,35)48(46)47/h2-7,10,13-15,23,25-26,46-47H,8-9,11-12,16-18H2,1H3,(H,37,43)/t23-,25+,26+/m1/s1. The maximum absolute atomic E-state index is 14.3. The van der Waals surface area contributed by atoms with Gasteiger partial charge in [-0.15, -0.1) is 11.3 Å². The zero-order valence-electron chi connectivity index (χ0n) is 26.3. The van der Waals surface area contributed by atoms with E-state index in [-0.39, 0.29) is 29.3 Å². The number of benzene rings is 2. The molecule has 49 heavy (non-hydrogen) atoms. The second kappa shape index (κ2) is 12.9. The van der Waals surface area contributed by atoms with Crippen molar-refractivity contribution in [1.29, 1.82) is 0 Å². The van der Waals surface area contributed by atoms with Gasteiger partial charge in [-0.2, -0.15) is 13.9 Å². The van der Waals surface area contributed by atoms with Crippen LogP contribution in [0.1, 0.15) is 52.7 Å². The summed E-state index contributed by atoms with van der Waals surface area (Å²) in [6.07, 6.45) is 3.26. The number of fused-ring (bicyclic) bond motifs is 3. The number of carbonyl (C=O) groups excluding carboxylic acids is 4. The van der Waals surface area contributed by atoms with Crippen LogP contribution in [0.25, 0.3) is 15.8 Å². The van der Waals surface area contributed by atoms with Crippen LogP contribution in [0, 0.1) is 0 Å². The number of nitrogens with zero attached hydrogens (tertiary/aromatic N) is 5. The zero-order valence-corrected chi connectivity index (χ0v) is 28.0. The van der Waals surface area contributed by atoms with Crippen molar-refractivity contribution in [2.75, 3.05) is 13.1 Å². The number of halogens is 2. The van der Waals surface area contributed by atoms with E-state index in [1.165, 1.54) is 24.0 Å². The molecule has 3 atom stereocenters. The van der Waals surface area contributed by atoms with Gasteiger partial charge in [0.15, 0.2) is 0 Å². The van der Waals surface area contributed by atoms with E-state index in [4.69, 9.17) is 0 Å². The summed E-state index contributed by atoms with van der Waals surface area (Å²) in [7, 11) is -3.56. The van der Waals surface area contributed by atoms with E-state index in [0.29, 0.717) is 49.0 Å². The van der Waals surface area contributed by atoms with Gasteiger partial charge in [0.05, 0.1) is 29.0 Å². The molecular weight excluding hydrogens is 677 g/mol. The van der Waals surface area contributed by atoms with Crippen molar-refractivity contribution in [3.8, 4) is 5.69 Å². The highest BCUT2D eigenvalue weighted by Gasteiger charge is 2.47. The molecule has 0 saturated carbocycles. The topological polar surface area (TPSA) is 148 Å². The molecule has 0 aliphatic carbocycles. The molecule has 2 aromatic heterocycles. The number of alkyl halides is 2. The van der Waals surface area contributed by atoms with Crippen LogP contribution < -0.4 is 5.32 Å². The van der Waals surface area contributed by atoms with Gasteiger partial charge in [0.25, 0.3) is 5.91 Å². The minimum Gasteiger partial charge on any atom is -0.346 e. The smallest absolute Gasteiger partial charge is 0.339 e. The lowest BCUT2D eigenvalue weighted by molar-refractivity contribution is -0.149. The Kier molecular flexibility index (Phi) is 8.72. The van der Waals surface area contributed by atoms with E-state index in [0.717, 1.165) is 40.4 Å². The largest absolute Gasteiger partial charge is 0.346 e. The second-order valence-corrected chi connectivity index (χ2v) is 14.7. The molecule has 0 unspecified atom stereocenters. The van der Waals surface area contributed by atoms with Crippen molar-refractivity contribution >= 4 is 53.4 Å². The Labute approximate surface area is 284 Å². The number of nitrogens with one attached hydrogen (secondary N) is 1. The second-order valence-electron chi connectivity index (χ2n) is 12.5. The van der Waals surface area contributed by atoms with Crippen LogP contribution in [0.3, 0.4) is 0 Å². The van der Waals surface area contributed by atoms with Gasteiger partial charge in [0.2, 0.25) is 26.1 Å². The number of carbonyl (C=O) groups is 4. The van der Waals surface area contributed by atoms with E-state index in [1.54, 1.807) is 16.0 Å². The van der Waals surface area contributed by atoms with Crippen molar-refractivity contribution in [1.82, 2.24) is 29.8 Å². The Morgan fingerprint density at radius 2 is 1.80 bits per heavy atom. The fourth-order valence-electron chi connectivity index (χ4n) is 7.01. The molecule has 3 N–H and O–H groups in total. The summed E-state index contributed by atoms with van der Waals surface area (Å²) >= 11 is 1.03. The van der Waals surface area contributed by atoms with Crippen molar-refractivity contribution in [2.45, 2.75) is 63.1 Å². The van der Waals surface area contributed by atoms with Crippen LogP contribution in [0.4, 0.5) is 8.78 Å². The van der Waals surface area contributed by atoms with Crippen molar-refractivity contribution in [2.24, 2.45) is 0 Å². The first-order valence-electron chi connectivity index (χ1n) is 15.8. The molecule has 4 amide bonds. The average molecular weight is 711 g/mol. The third-order valence-corrected chi connectivity index (χ3v) is 11.4. The first-order chi connectivity index (χ1) is 23.4. The van der Waals surface area contributed by atoms with Crippen LogP contribution in [0.15, 0.2) is 60.8 Å². The van der Waals surface area contributed by atoms with E-state index in [2.05, 4.69) is 10.4 Å². The highest BCUT2D eigenvalue weighted by atomic mass is 32.1. The summed E-state index contributed by atoms with van der Waals surface area (Å²) in [4.78, 5) is 77.9. The Bertz CT molecular complexity index is 1950. The normalized spacial score (nSPS) is 21.1. The molecule has 7 rings (SSSR count). The summed E-state index contributed by atoms with van der Waals surface area (Å²) in [5, 5.41) is 7.57. The number of rotatable bonds is 6. The van der Waals surface area contributed by atoms with Gasteiger partial charge in [-0.3, -0.25) is 19.2 Å². The number of aromatic nitrogens is 2. The minimum atomic E-state index is -3.85. The van der Waals surface area contributed by atoms with Crippen molar-refractivity contribution in [3.63, 3.8) is 0 Å².